The van der Waals surface area contributed by atoms with Crippen molar-refractivity contribution in [2.24, 2.45) is 7.05 Å². The van der Waals surface area contributed by atoms with Crippen LogP contribution in [-0.4, -0.2) is 24.7 Å². The van der Waals surface area contributed by atoms with Gasteiger partial charge in [-0.2, -0.15) is 5.10 Å². The summed E-state index contributed by atoms with van der Waals surface area (Å²) in [6.45, 7) is 1.84. The van der Waals surface area contributed by atoms with E-state index in [1.807, 2.05) is 13.0 Å². The highest BCUT2D eigenvalue weighted by atomic mass is 35.5. The number of aryl methyl sites for hydroxylation is 2. The number of hydrogen-bond acceptors (Lipinski definition) is 6. The molecule has 0 spiro atoms. The molecule has 0 saturated heterocycles. The van der Waals surface area contributed by atoms with Crippen molar-refractivity contribution in [2.45, 2.75) is 17.0 Å². The van der Waals surface area contributed by atoms with Crippen molar-refractivity contribution >= 4 is 29.1 Å². The van der Waals surface area contributed by atoms with Gasteiger partial charge in [-0.05, 0) is 24.8 Å². The van der Waals surface area contributed by atoms with Gasteiger partial charge in [-0.3, -0.25) is 14.8 Å². The molecule has 7 nitrogen and oxygen atoms in total. The van der Waals surface area contributed by atoms with Crippen molar-refractivity contribution in [3.8, 4) is 0 Å². The number of hydrogen-bond donors (Lipinski definition) is 0. The van der Waals surface area contributed by atoms with Crippen LogP contribution in [0.4, 0.5) is 5.69 Å². The summed E-state index contributed by atoms with van der Waals surface area (Å²) >= 11 is 6.83. The molecule has 0 bridgehead atoms. The molecule has 0 amide bonds. The third-order valence-electron chi connectivity index (χ3n) is 2.09. The van der Waals surface area contributed by atoms with Gasteiger partial charge in [-0.1, -0.05) is 11.6 Å². The Morgan fingerprint density at radius 3 is 2.78 bits per heavy atom. The fraction of sp³-hybridized carbons (Fsp3) is 0.222. The Kier molecular flexibility index (Phi) is 3.48. The molecule has 0 atom stereocenters. The summed E-state index contributed by atoms with van der Waals surface area (Å²) in [4.78, 5) is 17.8. The quantitative estimate of drug-likeness (QED) is 0.488. The predicted octanol–water partition coefficient (Wildman–Crippen LogP) is 2.23. The number of nitro groups is 1. The third-order valence-corrected chi connectivity index (χ3v) is 3.45. The highest BCUT2D eigenvalue weighted by Gasteiger charge is 2.23. The van der Waals surface area contributed by atoms with Crippen LogP contribution < -0.4 is 0 Å². The second kappa shape index (κ2) is 4.91. The Balaban J connectivity index is 2.43. The van der Waals surface area contributed by atoms with E-state index in [1.54, 1.807) is 11.7 Å². The van der Waals surface area contributed by atoms with E-state index in [4.69, 9.17) is 11.6 Å². The van der Waals surface area contributed by atoms with Gasteiger partial charge in [0, 0.05) is 7.05 Å². The molecule has 2 aromatic heterocycles. The Morgan fingerprint density at radius 2 is 2.22 bits per heavy atom. The van der Waals surface area contributed by atoms with Gasteiger partial charge in [-0.15, -0.1) is 0 Å². The first-order chi connectivity index (χ1) is 8.49. The number of nitrogens with zero attached hydrogens (tertiary/aromatic N) is 5. The van der Waals surface area contributed by atoms with E-state index in [-0.39, 0.29) is 15.9 Å². The lowest BCUT2D eigenvalue weighted by Crippen LogP contribution is -1.98. The van der Waals surface area contributed by atoms with Crippen molar-refractivity contribution in [3.63, 3.8) is 0 Å². The molecular formula is C9H8ClN5O2S. The molecule has 0 aliphatic heterocycles. The molecule has 9 heteroatoms. The van der Waals surface area contributed by atoms with Gasteiger partial charge >= 0.3 is 5.69 Å². The molecule has 0 aliphatic carbocycles. The van der Waals surface area contributed by atoms with Crippen LogP contribution in [0.2, 0.25) is 5.15 Å². The minimum atomic E-state index is -0.589. The van der Waals surface area contributed by atoms with Crippen LogP contribution in [0.25, 0.3) is 0 Å². The van der Waals surface area contributed by atoms with Gasteiger partial charge in [0.2, 0.25) is 5.15 Å². The lowest BCUT2D eigenvalue weighted by molar-refractivity contribution is -0.388. The first-order valence-corrected chi connectivity index (χ1v) is 6.02. The normalized spacial score (nSPS) is 10.6. The lowest BCUT2D eigenvalue weighted by Gasteiger charge is -2.02. The maximum Gasteiger partial charge on any atom is 0.338 e. The van der Waals surface area contributed by atoms with Crippen molar-refractivity contribution in [3.05, 3.63) is 33.4 Å². The summed E-state index contributed by atoms with van der Waals surface area (Å²) in [6.07, 6.45) is 1.20. The Hall–Kier alpha value is -1.67. The lowest BCUT2D eigenvalue weighted by atomic mass is 10.5. The Morgan fingerprint density at radius 1 is 1.50 bits per heavy atom. The zero-order chi connectivity index (χ0) is 13.3. The van der Waals surface area contributed by atoms with Crippen molar-refractivity contribution in [1.29, 1.82) is 0 Å². The molecule has 0 radical (unpaired) electrons. The van der Waals surface area contributed by atoms with Gasteiger partial charge in [0.1, 0.15) is 11.4 Å². The number of aromatic nitrogens is 4. The van der Waals surface area contributed by atoms with E-state index in [2.05, 4.69) is 15.1 Å². The topological polar surface area (TPSA) is 86.7 Å². The van der Waals surface area contributed by atoms with Crippen LogP contribution in [0, 0.1) is 17.0 Å². The third kappa shape index (κ3) is 2.44. The highest BCUT2D eigenvalue weighted by molar-refractivity contribution is 7.99. The van der Waals surface area contributed by atoms with Gasteiger partial charge < -0.3 is 0 Å². The molecule has 0 aliphatic rings. The highest BCUT2D eigenvalue weighted by Crippen LogP contribution is 2.35. The van der Waals surface area contributed by atoms with Crippen molar-refractivity contribution in [1.82, 2.24) is 19.7 Å². The maximum atomic E-state index is 10.9. The molecule has 2 heterocycles. The zero-order valence-electron chi connectivity index (χ0n) is 9.49. The average molecular weight is 286 g/mol. The fourth-order valence-corrected chi connectivity index (χ4v) is 2.58. The summed E-state index contributed by atoms with van der Waals surface area (Å²) in [5.41, 5.74) is 0.533. The zero-order valence-corrected chi connectivity index (χ0v) is 11.1. The molecule has 18 heavy (non-hydrogen) atoms. The molecule has 0 aromatic carbocycles. The van der Waals surface area contributed by atoms with Crippen molar-refractivity contribution in [2.75, 3.05) is 0 Å². The second-order valence-corrected chi connectivity index (χ2v) is 4.79. The minimum Gasteiger partial charge on any atom is -0.261 e. The van der Waals surface area contributed by atoms with Gasteiger partial charge in [0.05, 0.1) is 10.6 Å². The van der Waals surface area contributed by atoms with Crippen LogP contribution >= 0.6 is 23.4 Å². The molecule has 2 rings (SSSR count). The summed E-state index contributed by atoms with van der Waals surface area (Å²) in [6, 6.07) is 1.81. The van der Waals surface area contributed by atoms with E-state index < -0.39 is 4.92 Å². The summed E-state index contributed by atoms with van der Waals surface area (Å²) in [5.74, 6) is 0. The molecule has 2 aromatic rings. The molecule has 0 fully saturated rings. The summed E-state index contributed by atoms with van der Waals surface area (Å²) in [5, 5.41) is 15.9. The van der Waals surface area contributed by atoms with E-state index in [1.165, 1.54) is 6.33 Å². The monoisotopic (exact) mass is 285 g/mol. The van der Waals surface area contributed by atoms with E-state index in [0.717, 1.165) is 22.5 Å². The van der Waals surface area contributed by atoms with Crippen LogP contribution in [-0.2, 0) is 7.05 Å². The van der Waals surface area contributed by atoms with Gasteiger partial charge in [0.25, 0.3) is 0 Å². The summed E-state index contributed by atoms with van der Waals surface area (Å²) in [7, 11) is 1.75. The molecular weight excluding hydrogens is 278 g/mol. The first kappa shape index (κ1) is 12.8. The molecule has 0 saturated carbocycles. The van der Waals surface area contributed by atoms with Crippen LogP contribution in [0.5, 0.6) is 0 Å². The standard InChI is InChI=1S/C9H8ClN5O2S/c1-5-3-6(14(2)13-5)18-9-7(15(16)17)8(10)11-4-12-9/h3-4H,1-2H3. The van der Waals surface area contributed by atoms with E-state index in [9.17, 15) is 10.1 Å². The van der Waals surface area contributed by atoms with Crippen LogP contribution in [0.1, 0.15) is 5.69 Å². The van der Waals surface area contributed by atoms with Gasteiger partial charge in [-0.25, -0.2) is 9.97 Å². The largest absolute Gasteiger partial charge is 0.338 e. The van der Waals surface area contributed by atoms with Gasteiger partial charge in [0.15, 0.2) is 5.03 Å². The van der Waals surface area contributed by atoms with E-state index in [0.29, 0.717) is 0 Å². The van der Waals surface area contributed by atoms with E-state index >= 15 is 0 Å². The Bertz CT molecular complexity index is 615. The minimum absolute atomic E-state index is 0.170. The second-order valence-electron chi connectivity index (χ2n) is 3.42. The molecule has 94 valence electrons. The maximum absolute atomic E-state index is 10.9. The smallest absolute Gasteiger partial charge is 0.261 e. The first-order valence-electron chi connectivity index (χ1n) is 4.82. The van der Waals surface area contributed by atoms with Crippen LogP contribution in [0.3, 0.4) is 0 Å². The average Bonchev–Trinajstić information content (AvgIpc) is 2.57. The Labute approximate surface area is 111 Å². The van der Waals surface area contributed by atoms with Crippen LogP contribution in [0.15, 0.2) is 22.4 Å². The van der Waals surface area contributed by atoms with Crippen molar-refractivity contribution < 1.29 is 4.92 Å². The number of rotatable bonds is 3. The number of halogens is 1. The predicted molar refractivity (Wildman–Crippen MR) is 65.8 cm³/mol. The summed E-state index contributed by atoms with van der Waals surface area (Å²) < 4.78 is 1.62. The molecule has 0 N–H and O–H groups in total. The molecule has 0 unspecified atom stereocenters. The SMILES string of the molecule is Cc1cc(Sc2ncnc(Cl)c2[N+](=O)[O-])n(C)n1. The fourth-order valence-electron chi connectivity index (χ4n) is 1.35.